The van der Waals surface area contributed by atoms with Gasteiger partial charge in [-0.2, -0.15) is 0 Å². The number of hydrogen-bond acceptors (Lipinski definition) is 7. The minimum absolute atomic E-state index is 0.0112. The predicted octanol–water partition coefficient (Wildman–Crippen LogP) is 0.0815. The molecule has 9 nitrogen and oxygen atoms in total. The summed E-state index contributed by atoms with van der Waals surface area (Å²) in [4.78, 5) is 47.3. The molecule has 144 valence electrons. The Bertz CT molecular complexity index is 592. The molecule has 9 heteroatoms. The number of alkyl carbamates (subject to hydrolysis) is 1. The van der Waals surface area contributed by atoms with Crippen LogP contribution in [0.1, 0.15) is 26.2 Å². The van der Waals surface area contributed by atoms with Crippen molar-refractivity contribution in [2.24, 2.45) is 5.92 Å². The van der Waals surface area contributed by atoms with Crippen molar-refractivity contribution >= 4 is 23.8 Å². The summed E-state index contributed by atoms with van der Waals surface area (Å²) >= 11 is 0. The van der Waals surface area contributed by atoms with Gasteiger partial charge in [0.2, 0.25) is 5.91 Å². The first-order valence-electron chi connectivity index (χ1n) is 8.48. The van der Waals surface area contributed by atoms with E-state index in [1.807, 2.05) is 0 Å². The summed E-state index contributed by atoms with van der Waals surface area (Å²) in [6.07, 6.45) is 1.39. The number of ketones is 1. The van der Waals surface area contributed by atoms with Crippen molar-refractivity contribution in [3.05, 3.63) is 12.7 Å². The lowest BCUT2D eigenvalue weighted by molar-refractivity contribution is -0.145. The lowest BCUT2D eigenvalue weighted by Crippen LogP contribution is -2.51. The molecule has 0 unspecified atom stereocenters. The Kier molecular flexibility index (Phi) is 6.73. The van der Waals surface area contributed by atoms with Gasteiger partial charge in [-0.15, -0.1) is 0 Å². The number of fused-ring (bicyclic) bond motifs is 1. The quantitative estimate of drug-likeness (QED) is 0.353. The van der Waals surface area contributed by atoms with E-state index < -0.39 is 30.1 Å². The van der Waals surface area contributed by atoms with Gasteiger partial charge >= 0.3 is 12.1 Å². The van der Waals surface area contributed by atoms with Crippen molar-refractivity contribution in [2.45, 2.75) is 50.5 Å². The van der Waals surface area contributed by atoms with Crippen LogP contribution in [0.3, 0.4) is 0 Å². The van der Waals surface area contributed by atoms with E-state index in [2.05, 4.69) is 17.2 Å². The average molecular weight is 368 g/mol. The van der Waals surface area contributed by atoms with Gasteiger partial charge in [-0.1, -0.05) is 12.7 Å². The fourth-order valence-electron chi connectivity index (χ4n) is 3.00. The van der Waals surface area contributed by atoms with E-state index in [-0.39, 0.29) is 30.5 Å². The molecule has 26 heavy (non-hydrogen) atoms. The minimum Gasteiger partial charge on any atom is -0.467 e. The summed E-state index contributed by atoms with van der Waals surface area (Å²) in [6.45, 7) is 4.91. The monoisotopic (exact) mass is 368 g/mol. The van der Waals surface area contributed by atoms with E-state index in [4.69, 9.17) is 14.2 Å². The maximum atomic E-state index is 12.3. The number of nitrogens with one attached hydrogen (secondary N) is 2. The largest absolute Gasteiger partial charge is 0.467 e. The molecule has 5 atom stereocenters. The number of ether oxygens (including phenoxy) is 3. The Labute approximate surface area is 151 Å². The second-order valence-corrected chi connectivity index (χ2v) is 6.36. The zero-order chi connectivity index (χ0) is 19.3. The smallest absolute Gasteiger partial charge is 0.408 e. The van der Waals surface area contributed by atoms with Crippen LogP contribution in [0, 0.1) is 5.92 Å². The second-order valence-electron chi connectivity index (χ2n) is 6.36. The van der Waals surface area contributed by atoms with Crippen LogP contribution in [-0.2, 0) is 28.6 Å². The van der Waals surface area contributed by atoms with Crippen molar-refractivity contribution in [3.8, 4) is 0 Å². The highest BCUT2D eigenvalue weighted by Crippen LogP contribution is 2.40. The molecule has 2 aliphatic rings. The molecule has 2 fully saturated rings. The SMILES string of the molecule is C=CCOC(=O)N[C@@H](C)C(=O)N[C@@H](C[C@@H]1CCC(=O)[C@@H]2O[C@H]12)C(=O)OC. The Balaban J connectivity index is 1.89. The van der Waals surface area contributed by atoms with Crippen LogP contribution >= 0.6 is 0 Å². The lowest BCUT2D eigenvalue weighted by atomic mass is 9.84. The third-order valence-electron chi connectivity index (χ3n) is 4.47. The molecule has 1 heterocycles. The van der Waals surface area contributed by atoms with Crippen LogP contribution in [-0.4, -0.2) is 61.8 Å². The molecular formula is C17H24N2O7. The third kappa shape index (κ3) is 5.04. The molecule has 2 amide bonds. The highest BCUT2D eigenvalue weighted by molar-refractivity contribution is 5.89. The topological polar surface area (TPSA) is 123 Å². The maximum Gasteiger partial charge on any atom is 0.408 e. The van der Waals surface area contributed by atoms with Gasteiger partial charge in [0.1, 0.15) is 24.8 Å². The van der Waals surface area contributed by atoms with Crippen LogP contribution in [0.15, 0.2) is 12.7 Å². The number of rotatable bonds is 8. The number of hydrogen-bond donors (Lipinski definition) is 2. The molecule has 2 N–H and O–H groups in total. The molecule has 1 saturated carbocycles. The molecule has 1 aliphatic heterocycles. The van der Waals surface area contributed by atoms with Crippen molar-refractivity contribution in [3.63, 3.8) is 0 Å². The molecule has 0 bridgehead atoms. The first-order chi connectivity index (χ1) is 12.4. The van der Waals surface area contributed by atoms with Gasteiger partial charge in [0.25, 0.3) is 0 Å². The molecule has 1 aliphatic carbocycles. The Morgan fingerprint density at radius 3 is 2.77 bits per heavy atom. The van der Waals surface area contributed by atoms with Gasteiger partial charge < -0.3 is 24.8 Å². The normalized spacial score (nSPS) is 25.9. The molecular weight excluding hydrogens is 344 g/mol. The van der Waals surface area contributed by atoms with Gasteiger partial charge in [-0.05, 0) is 25.7 Å². The van der Waals surface area contributed by atoms with Gasteiger partial charge in [0.05, 0.1) is 13.2 Å². The predicted molar refractivity (Wildman–Crippen MR) is 89.1 cm³/mol. The average Bonchev–Trinajstić information content (AvgIpc) is 3.42. The molecule has 0 aromatic rings. The Morgan fingerprint density at radius 1 is 1.38 bits per heavy atom. The first kappa shape index (κ1) is 19.9. The molecule has 0 aromatic heterocycles. The van der Waals surface area contributed by atoms with E-state index in [1.165, 1.54) is 20.1 Å². The standard InChI is InChI=1S/C17H24N2O7/c1-4-7-25-17(23)18-9(2)15(21)19-11(16(22)24-3)8-10-5-6-12(20)14-13(10)26-14/h4,9-11,13-14H,1,5-8H2,2-3H3,(H,18,23)(H,19,21)/t9-,10-,11-,13+,14-/m0/s1. The van der Waals surface area contributed by atoms with Crippen molar-refractivity contribution in [1.82, 2.24) is 10.6 Å². The number of esters is 1. The van der Waals surface area contributed by atoms with Crippen molar-refractivity contribution in [1.29, 1.82) is 0 Å². The number of Topliss-reactive ketones (excluding diaryl/α,β-unsaturated/α-hetero) is 1. The molecule has 0 radical (unpaired) electrons. The highest BCUT2D eigenvalue weighted by atomic mass is 16.6. The maximum absolute atomic E-state index is 12.3. The van der Waals surface area contributed by atoms with Gasteiger partial charge in [0.15, 0.2) is 5.78 Å². The first-order valence-corrected chi connectivity index (χ1v) is 8.48. The molecule has 0 aromatic carbocycles. The molecule has 2 rings (SSSR count). The van der Waals surface area contributed by atoms with E-state index in [0.29, 0.717) is 19.3 Å². The van der Waals surface area contributed by atoms with Gasteiger partial charge in [0, 0.05) is 6.42 Å². The Hall–Kier alpha value is -2.42. The van der Waals surface area contributed by atoms with E-state index >= 15 is 0 Å². The van der Waals surface area contributed by atoms with Crippen LogP contribution in [0.2, 0.25) is 0 Å². The number of carbonyl (C=O) groups excluding carboxylic acids is 4. The zero-order valence-electron chi connectivity index (χ0n) is 14.9. The van der Waals surface area contributed by atoms with Gasteiger partial charge in [-0.3, -0.25) is 9.59 Å². The van der Waals surface area contributed by atoms with Crippen LogP contribution < -0.4 is 10.6 Å². The second kappa shape index (κ2) is 8.79. The van der Waals surface area contributed by atoms with E-state index in [9.17, 15) is 19.2 Å². The van der Waals surface area contributed by atoms with E-state index in [1.54, 1.807) is 0 Å². The van der Waals surface area contributed by atoms with Crippen molar-refractivity contribution in [2.75, 3.05) is 13.7 Å². The summed E-state index contributed by atoms with van der Waals surface area (Å²) < 4.78 is 14.9. The number of methoxy groups -OCH3 is 1. The summed E-state index contributed by atoms with van der Waals surface area (Å²) in [6, 6.07) is -1.79. The number of carbonyl (C=O) groups is 4. The van der Waals surface area contributed by atoms with Crippen LogP contribution in [0.4, 0.5) is 4.79 Å². The third-order valence-corrected chi connectivity index (χ3v) is 4.47. The fourth-order valence-corrected chi connectivity index (χ4v) is 3.00. The minimum atomic E-state index is -0.905. The summed E-state index contributed by atoms with van der Waals surface area (Å²) in [7, 11) is 1.23. The summed E-state index contributed by atoms with van der Waals surface area (Å²) in [5, 5.41) is 4.94. The number of epoxide rings is 1. The van der Waals surface area contributed by atoms with Crippen LogP contribution in [0.5, 0.6) is 0 Å². The number of amides is 2. The van der Waals surface area contributed by atoms with Crippen molar-refractivity contribution < 1.29 is 33.4 Å². The zero-order valence-corrected chi connectivity index (χ0v) is 14.9. The highest BCUT2D eigenvalue weighted by Gasteiger charge is 2.53. The molecule has 1 saturated heterocycles. The van der Waals surface area contributed by atoms with E-state index in [0.717, 1.165) is 0 Å². The van der Waals surface area contributed by atoms with Crippen LogP contribution in [0.25, 0.3) is 0 Å². The summed E-state index contributed by atoms with van der Waals surface area (Å²) in [5.74, 6) is -1.06. The fraction of sp³-hybridized carbons (Fsp3) is 0.647. The Morgan fingerprint density at radius 2 is 2.12 bits per heavy atom. The van der Waals surface area contributed by atoms with Gasteiger partial charge in [-0.25, -0.2) is 9.59 Å². The lowest BCUT2D eigenvalue weighted by Gasteiger charge is -2.24. The summed E-state index contributed by atoms with van der Waals surface area (Å²) in [5.41, 5.74) is 0. The molecule has 0 spiro atoms.